The molecule has 2 amide bonds. The predicted molar refractivity (Wildman–Crippen MR) is 66.4 cm³/mol. The largest absolute Gasteiger partial charge is 0.480 e. The molecule has 8 heteroatoms. The zero-order valence-corrected chi connectivity index (χ0v) is 10.9. The third kappa shape index (κ3) is 4.59. The number of carbonyl (C=O) groups excluding carboxylic acids is 1. The molecule has 106 valence electrons. The van der Waals surface area contributed by atoms with Gasteiger partial charge in [0, 0.05) is 38.4 Å². The van der Waals surface area contributed by atoms with Crippen LogP contribution in [0.25, 0.3) is 0 Å². The van der Waals surface area contributed by atoms with E-state index in [9.17, 15) is 9.59 Å². The lowest BCUT2D eigenvalue weighted by Crippen LogP contribution is -2.46. The number of aliphatic hydroxyl groups is 1. The lowest BCUT2D eigenvalue weighted by atomic mass is 10.2. The lowest BCUT2D eigenvalue weighted by molar-refractivity contribution is -0.139. The average molecular weight is 270 g/mol. The molecule has 4 N–H and O–H groups in total. The first-order chi connectivity index (χ1) is 8.93. The van der Waals surface area contributed by atoms with Gasteiger partial charge in [-0.05, 0) is 6.92 Å². The Labute approximate surface area is 110 Å². The van der Waals surface area contributed by atoms with Crippen molar-refractivity contribution in [2.24, 2.45) is 7.05 Å². The van der Waals surface area contributed by atoms with Crippen molar-refractivity contribution >= 4 is 12.0 Å². The SMILES string of the molecule is Cc1nn(C)cc1CNC(=O)N[C@@H](CCO)C(=O)O. The minimum absolute atomic E-state index is 0.0331. The van der Waals surface area contributed by atoms with Crippen LogP contribution >= 0.6 is 0 Å². The number of aryl methyl sites for hydroxylation is 2. The molecule has 1 heterocycles. The van der Waals surface area contributed by atoms with Gasteiger partial charge in [0.2, 0.25) is 0 Å². The molecule has 0 aliphatic rings. The van der Waals surface area contributed by atoms with Crippen LogP contribution in [-0.4, -0.2) is 44.6 Å². The van der Waals surface area contributed by atoms with Crippen LogP contribution in [0.2, 0.25) is 0 Å². The molecule has 0 bridgehead atoms. The molecule has 0 spiro atoms. The molecule has 0 aromatic carbocycles. The minimum atomic E-state index is -1.18. The molecule has 0 aliphatic heterocycles. The van der Waals surface area contributed by atoms with Crippen molar-refractivity contribution in [1.29, 1.82) is 0 Å². The predicted octanol–water partition coefficient (Wildman–Crippen LogP) is -0.637. The zero-order valence-electron chi connectivity index (χ0n) is 10.9. The van der Waals surface area contributed by atoms with Gasteiger partial charge in [-0.3, -0.25) is 4.68 Å². The third-order valence-electron chi connectivity index (χ3n) is 2.58. The number of aliphatic hydroxyl groups excluding tert-OH is 1. The van der Waals surface area contributed by atoms with Gasteiger partial charge in [0.1, 0.15) is 6.04 Å². The number of carboxylic acids is 1. The van der Waals surface area contributed by atoms with Gasteiger partial charge in [-0.2, -0.15) is 5.10 Å². The number of aromatic nitrogens is 2. The van der Waals surface area contributed by atoms with Crippen molar-refractivity contribution in [3.05, 3.63) is 17.5 Å². The molecule has 1 aromatic heterocycles. The van der Waals surface area contributed by atoms with Crippen molar-refractivity contribution in [1.82, 2.24) is 20.4 Å². The standard InChI is InChI=1S/C11H18N4O4/c1-7-8(6-15(2)14-7)5-12-11(19)13-9(3-4-16)10(17)18/h6,9,16H,3-5H2,1-2H3,(H,17,18)(H2,12,13,19)/t9-/m0/s1. The smallest absolute Gasteiger partial charge is 0.326 e. The summed E-state index contributed by atoms with van der Waals surface area (Å²) in [5, 5.41) is 26.5. The second kappa shape index (κ2) is 6.74. The number of rotatable bonds is 6. The number of carboxylic acid groups (broad SMARTS) is 1. The van der Waals surface area contributed by atoms with Crippen LogP contribution < -0.4 is 10.6 Å². The molecule has 0 saturated carbocycles. The van der Waals surface area contributed by atoms with Gasteiger partial charge < -0.3 is 20.8 Å². The average Bonchev–Trinajstić information content (AvgIpc) is 2.64. The molecular formula is C11H18N4O4. The number of aliphatic carboxylic acids is 1. The highest BCUT2D eigenvalue weighted by Gasteiger charge is 2.19. The fourth-order valence-corrected chi connectivity index (χ4v) is 1.59. The Balaban J connectivity index is 2.47. The summed E-state index contributed by atoms with van der Waals surface area (Å²) >= 11 is 0. The maximum atomic E-state index is 11.5. The van der Waals surface area contributed by atoms with Crippen molar-refractivity contribution in [3.63, 3.8) is 0 Å². The Bertz CT molecular complexity index is 458. The van der Waals surface area contributed by atoms with Gasteiger partial charge in [-0.25, -0.2) is 9.59 Å². The van der Waals surface area contributed by atoms with E-state index in [1.54, 1.807) is 17.9 Å². The summed E-state index contributed by atoms with van der Waals surface area (Å²) in [7, 11) is 1.78. The Morgan fingerprint density at radius 3 is 2.68 bits per heavy atom. The second-order valence-corrected chi connectivity index (χ2v) is 4.14. The molecule has 0 saturated heterocycles. The van der Waals surface area contributed by atoms with Crippen LogP contribution in [-0.2, 0) is 18.4 Å². The first-order valence-electron chi connectivity index (χ1n) is 5.81. The van der Waals surface area contributed by atoms with E-state index in [0.29, 0.717) is 0 Å². The Hall–Kier alpha value is -2.09. The Kier molecular flexibility index (Phi) is 5.31. The fraction of sp³-hybridized carbons (Fsp3) is 0.545. The van der Waals surface area contributed by atoms with E-state index in [0.717, 1.165) is 11.3 Å². The normalized spacial score (nSPS) is 11.9. The van der Waals surface area contributed by atoms with Crippen LogP contribution in [0.4, 0.5) is 4.79 Å². The number of nitrogens with one attached hydrogen (secondary N) is 2. The van der Waals surface area contributed by atoms with E-state index in [1.807, 2.05) is 6.92 Å². The number of urea groups is 1. The summed E-state index contributed by atoms with van der Waals surface area (Å²) in [5.74, 6) is -1.18. The van der Waals surface area contributed by atoms with Gasteiger partial charge in [0.15, 0.2) is 0 Å². The van der Waals surface area contributed by atoms with Gasteiger partial charge in [0.05, 0.1) is 5.69 Å². The van der Waals surface area contributed by atoms with Crippen LogP contribution in [0.15, 0.2) is 6.20 Å². The summed E-state index contributed by atoms with van der Waals surface area (Å²) in [4.78, 5) is 22.3. The van der Waals surface area contributed by atoms with Gasteiger partial charge in [-0.15, -0.1) is 0 Å². The maximum Gasteiger partial charge on any atom is 0.326 e. The van der Waals surface area contributed by atoms with Crippen molar-refractivity contribution < 1.29 is 19.8 Å². The Morgan fingerprint density at radius 2 is 2.21 bits per heavy atom. The van der Waals surface area contributed by atoms with Gasteiger partial charge >= 0.3 is 12.0 Å². The number of hydrogen-bond acceptors (Lipinski definition) is 4. The van der Waals surface area contributed by atoms with Gasteiger partial charge in [-0.1, -0.05) is 0 Å². The second-order valence-electron chi connectivity index (χ2n) is 4.14. The van der Waals surface area contributed by atoms with Crippen LogP contribution in [0.5, 0.6) is 0 Å². The summed E-state index contributed by atoms with van der Waals surface area (Å²) < 4.78 is 1.63. The van der Waals surface area contributed by atoms with E-state index >= 15 is 0 Å². The molecule has 0 aliphatic carbocycles. The zero-order chi connectivity index (χ0) is 14.4. The van der Waals surface area contributed by atoms with E-state index in [1.165, 1.54) is 0 Å². The van der Waals surface area contributed by atoms with E-state index in [2.05, 4.69) is 15.7 Å². The number of hydrogen-bond donors (Lipinski definition) is 4. The number of nitrogens with zero attached hydrogens (tertiary/aromatic N) is 2. The highest BCUT2D eigenvalue weighted by atomic mass is 16.4. The van der Waals surface area contributed by atoms with E-state index < -0.39 is 18.0 Å². The molecular weight excluding hydrogens is 252 g/mol. The number of carbonyl (C=O) groups is 2. The molecule has 0 fully saturated rings. The molecule has 1 aromatic rings. The summed E-state index contributed by atoms with van der Waals surface area (Å²) in [6.45, 7) is 1.77. The molecule has 19 heavy (non-hydrogen) atoms. The lowest BCUT2D eigenvalue weighted by Gasteiger charge is -2.13. The van der Waals surface area contributed by atoms with Crippen molar-refractivity contribution in [2.45, 2.75) is 25.9 Å². The molecule has 0 radical (unpaired) electrons. The van der Waals surface area contributed by atoms with Crippen LogP contribution in [0.3, 0.4) is 0 Å². The topological polar surface area (TPSA) is 116 Å². The highest BCUT2D eigenvalue weighted by molar-refractivity contribution is 5.82. The monoisotopic (exact) mass is 270 g/mol. The van der Waals surface area contributed by atoms with Crippen molar-refractivity contribution in [2.75, 3.05) is 6.61 Å². The quantitative estimate of drug-likeness (QED) is 0.549. The fourth-order valence-electron chi connectivity index (χ4n) is 1.59. The molecule has 0 unspecified atom stereocenters. The maximum absolute atomic E-state index is 11.5. The van der Waals surface area contributed by atoms with E-state index in [4.69, 9.17) is 10.2 Å². The summed E-state index contributed by atoms with van der Waals surface area (Å²) in [6.07, 6.45) is 1.74. The first kappa shape index (κ1) is 15.0. The van der Waals surface area contributed by atoms with Crippen molar-refractivity contribution in [3.8, 4) is 0 Å². The van der Waals surface area contributed by atoms with Crippen LogP contribution in [0.1, 0.15) is 17.7 Å². The van der Waals surface area contributed by atoms with Gasteiger partial charge in [0.25, 0.3) is 0 Å². The Morgan fingerprint density at radius 1 is 1.53 bits per heavy atom. The van der Waals surface area contributed by atoms with Crippen LogP contribution in [0, 0.1) is 6.92 Å². The molecule has 8 nitrogen and oxygen atoms in total. The van der Waals surface area contributed by atoms with E-state index in [-0.39, 0.29) is 19.6 Å². The molecule has 1 rings (SSSR count). The first-order valence-corrected chi connectivity index (χ1v) is 5.81. The minimum Gasteiger partial charge on any atom is -0.480 e. The number of amides is 2. The summed E-state index contributed by atoms with van der Waals surface area (Å²) in [6, 6.07) is -1.69. The molecule has 1 atom stereocenters. The summed E-state index contributed by atoms with van der Waals surface area (Å²) in [5.41, 5.74) is 1.65. The third-order valence-corrected chi connectivity index (χ3v) is 2.58. The highest BCUT2D eigenvalue weighted by Crippen LogP contribution is 2.03.